The van der Waals surface area contributed by atoms with Crippen LogP contribution in [0.1, 0.15) is 12.5 Å². The number of fused-ring (bicyclic) bond motifs is 1. The van der Waals surface area contributed by atoms with Crippen molar-refractivity contribution in [3.63, 3.8) is 0 Å². The molecule has 1 aromatic carbocycles. The van der Waals surface area contributed by atoms with Crippen molar-refractivity contribution in [1.82, 2.24) is 9.97 Å². The van der Waals surface area contributed by atoms with E-state index >= 15 is 0 Å². The minimum atomic E-state index is 0.683. The highest BCUT2D eigenvalue weighted by Crippen LogP contribution is 2.33. The molecule has 3 rings (SSSR count). The Hall–Kier alpha value is -2.14. The number of hydrogen-bond donors (Lipinski definition) is 1. The molecule has 0 aliphatic rings. The smallest absolute Gasteiger partial charge is 0.226 e. The molecular formula is C16H18N4S. The van der Waals surface area contributed by atoms with E-state index in [0.717, 1.165) is 28.3 Å². The van der Waals surface area contributed by atoms with Crippen LogP contribution < -0.4 is 10.2 Å². The van der Waals surface area contributed by atoms with E-state index in [2.05, 4.69) is 64.9 Å². The molecule has 0 saturated heterocycles. The Kier molecular flexibility index (Phi) is 3.75. The molecule has 0 bridgehead atoms. The number of rotatable bonds is 4. The van der Waals surface area contributed by atoms with Crippen LogP contribution in [-0.4, -0.2) is 23.6 Å². The van der Waals surface area contributed by atoms with Crippen LogP contribution in [0.25, 0.3) is 10.2 Å². The Balaban J connectivity index is 2.14. The van der Waals surface area contributed by atoms with Gasteiger partial charge in [-0.3, -0.25) is 0 Å². The maximum atomic E-state index is 4.69. The van der Waals surface area contributed by atoms with E-state index in [-0.39, 0.29) is 0 Å². The number of thiophene rings is 1. The highest BCUT2D eigenvalue weighted by atomic mass is 32.1. The van der Waals surface area contributed by atoms with Crippen molar-refractivity contribution in [2.45, 2.75) is 13.8 Å². The maximum Gasteiger partial charge on any atom is 0.226 e. The third kappa shape index (κ3) is 2.56. The molecule has 4 nitrogen and oxygen atoms in total. The predicted molar refractivity (Wildman–Crippen MR) is 90.8 cm³/mol. The minimum absolute atomic E-state index is 0.683. The highest BCUT2D eigenvalue weighted by molar-refractivity contribution is 7.16. The van der Waals surface area contributed by atoms with Crippen LogP contribution in [0, 0.1) is 6.92 Å². The lowest BCUT2D eigenvalue weighted by molar-refractivity contribution is 1.07. The van der Waals surface area contributed by atoms with E-state index in [9.17, 15) is 0 Å². The topological polar surface area (TPSA) is 41.1 Å². The van der Waals surface area contributed by atoms with Gasteiger partial charge in [-0.05, 0) is 36.9 Å². The van der Waals surface area contributed by atoms with Crippen LogP contribution in [-0.2, 0) is 0 Å². The standard InChI is InChI=1S/C16H18N4S/c1-4-17-16-18-14(12-9-10-21-15(12)19-16)20(3)13-8-6-5-7-11(13)2/h5-10H,4H2,1-3H3,(H,17,18,19). The largest absolute Gasteiger partial charge is 0.354 e. The van der Waals surface area contributed by atoms with Crippen LogP contribution >= 0.6 is 11.3 Å². The first-order chi connectivity index (χ1) is 10.2. The number of aryl methyl sites for hydroxylation is 1. The Labute approximate surface area is 128 Å². The van der Waals surface area contributed by atoms with Crippen LogP contribution in [0.2, 0.25) is 0 Å². The molecule has 2 heterocycles. The van der Waals surface area contributed by atoms with Gasteiger partial charge in [0.2, 0.25) is 5.95 Å². The number of hydrogen-bond acceptors (Lipinski definition) is 5. The first kappa shape index (κ1) is 13.8. The zero-order chi connectivity index (χ0) is 14.8. The van der Waals surface area contributed by atoms with Crippen LogP contribution in [0.15, 0.2) is 35.7 Å². The third-order valence-electron chi connectivity index (χ3n) is 3.43. The van der Waals surface area contributed by atoms with Crippen molar-refractivity contribution in [2.24, 2.45) is 0 Å². The van der Waals surface area contributed by atoms with Gasteiger partial charge < -0.3 is 10.2 Å². The Bertz CT molecular complexity index is 766. The van der Waals surface area contributed by atoms with Crippen LogP contribution in [0.3, 0.4) is 0 Å². The summed E-state index contributed by atoms with van der Waals surface area (Å²) in [6, 6.07) is 10.4. The predicted octanol–water partition coefficient (Wildman–Crippen LogP) is 4.20. The molecule has 0 fully saturated rings. The summed E-state index contributed by atoms with van der Waals surface area (Å²) in [6.45, 7) is 4.97. The van der Waals surface area contributed by atoms with Crippen LogP contribution in [0.4, 0.5) is 17.5 Å². The number of benzene rings is 1. The van der Waals surface area contributed by atoms with Crippen molar-refractivity contribution >= 4 is 39.0 Å². The van der Waals surface area contributed by atoms with Gasteiger partial charge in [0.15, 0.2) is 0 Å². The molecule has 3 aromatic rings. The molecule has 0 amide bonds. The zero-order valence-electron chi connectivity index (χ0n) is 12.4. The molecular weight excluding hydrogens is 280 g/mol. The Morgan fingerprint density at radius 1 is 1.19 bits per heavy atom. The molecule has 0 spiro atoms. The average Bonchev–Trinajstić information content (AvgIpc) is 2.95. The molecule has 0 unspecified atom stereocenters. The lowest BCUT2D eigenvalue weighted by atomic mass is 10.2. The zero-order valence-corrected chi connectivity index (χ0v) is 13.2. The number of anilines is 3. The van der Waals surface area contributed by atoms with Crippen molar-refractivity contribution in [1.29, 1.82) is 0 Å². The first-order valence-electron chi connectivity index (χ1n) is 6.99. The van der Waals surface area contributed by atoms with Gasteiger partial charge in [-0.1, -0.05) is 18.2 Å². The van der Waals surface area contributed by atoms with Gasteiger partial charge in [-0.15, -0.1) is 11.3 Å². The fourth-order valence-electron chi connectivity index (χ4n) is 2.39. The quantitative estimate of drug-likeness (QED) is 0.783. The molecule has 108 valence electrons. The van der Waals surface area contributed by atoms with E-state index < -0.39 is 0 Å². The fourth-order valence-corrected chi connectivity index (χ4v) is 3.14. The SMILES string of the molecule is CCNc1nc(N(C)c2ccccc2C)c2ccsc2n1. The maximum absolute atomic E-state index is 4.69. The van der Waals surface area contributed by atoms with Gasteiger partial charge in [0.05, 0.1) is 5.39 Å². The van der Waals surface area contributed by atoms with Crippen molar-refractivity contribution < 1.29 is 0 Å². The Morgan fingerprint density at radius 3 is 2.76 bits per heavy atom. The molecule has 21 heavy (non-hydrogen) atoms. The number of para-hydroxylation sites is 1. The summed E-state index contributed by atoms with van der Waals surface area (Å²) in [7, 11) is 2.05. The normalized spacial score (nSPS) is 10.8. The average molecular weight is 298 g/mol. The summed E-state index contributed by atoms with van der Waals surface area (Å²) < 4.78 is 0. The van der Waals surface area contributed by atoms with Gasteiger partial charge in [-0.25, -0.2) is 4.98 Å². The van der Waals surface area contributed by atoms with E-state index in [4.69, 9.17) is 4.98 Å². The van der Waals surface area contributed by atoms with Gasteiger partial charge in [0.25, 0.3) is 0 Å². The molecule has 2 aromatic heterocycles. The fraction of sp³-hybridized carbons (Fsp3) is 0.250. The molecule has 0 radical (unpaired) electrons. The second kappa shape index (κ2) is 5.69. The van der Waals surface area contributed by atoms with Gasteiger partial charge >= 0.3 is 0 Å². The van der Waals surface area contributed by atoms with Gasteiger partial charge in [0.1, 0.15) is 10.6 Å². The number of nitrogens with zero attached hydrogens (tertiary/aromatic N) is 3. The summed E-state index contributed by atoms with van der Waals surface area (Å²) in [5, 5.41) is 6.36. The van der Waals surface area contributed by atoms with E-state index in [1.165, 1.54) is 5.56 Å². The molecule has 0 saturated carbocycles. The number of aromatic nitrogens is 2. The summed E-state index contributed by atoms with van der Waals surface area (Å²) in [4.78, 5) is 12.4. The summed E-state index contributed by atoms with van der Waals surface area (Å²) in [6.07, 6.45) is 0. The minimum Gasteiger partial charge on any atom is -0.354 e. The number of nitrogens with one attached hydrogen (secondary N) is 1. The molecule has 5 heteroatoms. The molecule has 0 aliphatic carbocycles. The Morgan fingerprint density at radius 2 is 2.00 bits per heavy atom. The van der Waals surface area contributed by atoms with Crippen molar-refractivity contribution in [3.8, 4) is 0 Å². The summed E-state index contributed by atoms with van der Waals surface area (Å²) in [5.41, 5.74) is 2.39. The van der Waals surface area contributed by atoms with Crippen LogP contribution in [0.5, 0.6) is 0 Å². The summed E-state index contributed by atoms with van der Waals surface area (Å²) >= 11 is 1.64. The molecule has 0 aliphatic heterocycles. The molecule has 1 N–H and O–H groups in total. The van der Waals surface area contributed by atoms with Gasteiger partial charge in [0, 0.05) is 19.3 Å². The molecule has 0 atom stereocenters. The van der Waals surface area contributed by atoms with Gasteiger partial charge in [-0.2, -0.15) is 4.98 Å². The lowest BCUT2D eigenvalue weighted by Gasteiger charge is -2.21. The van der Waals surface area contributed by atoms with E-state index in [1.807, 2.05) is 6.92 Å². The van der Waals surface area contributed by atoms with Crippen molar-refractivity contribution in [3.05, 3.63) is 41.3 Å². The highest BCUT2D eigenvalue weighted by Gasteiger charge is 2.14. The first-order valence-corrected chi connectivity index (χ1v) is 7.87. The second-order valence-corrected chi connectivity index (χ2v) is 5.78. The lowest BCUT2D eigenvalue weighted by Crippen LogP contribution is -2.14. The third-order valence-corrected chi connectivity index (χ3v) is 4.24. The van der Waals surface area contributed by atoms with E-state index in [1.54, 1.807) is 11.3 Å². The van der Waals surface area contributed by atoms with Crippen molar-refractivity contribution in [2.75, 3.05) is 23.8 Å². The monoisotopic (exact) mass is 298 g/mol. The van der Waals surface area contributed by atoms with E-state index in [0.29, 0.717) is 5.95 Å². The second-order valence-electron chi connectivity index (χ2n) is 4.89. The summed E-state index contributed by atoms with van der Waals surface area (Å²) in [5.74, 6) is 1.62.